The van der Waals surface area contributed by atoms with Gasteiger partial charge >= 0.3 is 0 Å². The predicted molar refractivity (Wildman–Crippen MR) is 79.8 cm³/mol. The topological polar surface area (TPSA) is 72.5 Å². The third-order valence-corrected chi connectivity index (χ3v) is 5.08. The second-order valence-electron chi connectivity index (χ2n) is 5.26. The summed E-state index contributed by atoms with van der Waals surface area (Å²) in [4.78, 5) is 11.4. The number of carbonyl (C=O) groups excluding carboxylic acids is 1. The van der Waals surface area contributed by atoms with E-state index in [9.17, 15) is 13.2 Å². The van der Waals surface area contributed by atoms with E-state index in [1.165, 1.54) is 31.2 Å². The summed E-state index contributed by atoms with van der Waals surface area (Å²) in [5.41, 5.74) is 0.504. The number of Topliss-reactive ketones (excluding diaryl/α,β-unsaturated/α-hetero) is 1. The second kappa shape index (κ2) is 7.15. The zero-order valence-corrected chi connectivity index (χ0v) is 13.0. The standard InChI is InChI=1S/C15H21NO4S/c1-12(17)13-5-7-15(8-6-13)21(18,19)16-10-9-14-4-2-3-11-20-14/h5-8,14,16H,2-4,9-11H2,1H3. The molecule has 2 rings (SSSR count). The maximum atomic E-state index is 12.1. The molecule has 21 heavy (non-hydrogen) atoms. The molecule has 1 atom stereocenters. The van der Waals surface area contributed by atoms with Gasteiger partial charge in [0.05, 0.1) is 11.0 Å². The van der Waals surface area contributed by atoms with Crippen LogP contribution in [0, 0.1) is 0 Å². The highest BCUT2D eigenvalue weighted by Gasteiger charge is 2.17. The molecule has 1 aliphatic heterocycles. The Hall–Kier alpha value is -1.24. The summed E-state index contributed by atoms with van der Waals surface area (Å²) in [6, 6.07) is 5.97. The Balaban J connectivity index is 1.90. The van der Waals surface area contributed by atoms with Crippen LogP contribution in [0.25, 0.3) is 0 Å². The fourth-order valence-electron chi connectivity index (χ4n) is 2.34. The van der Waals surface area contributed by atoms with E-state index in [2.05, 4.69) is 4.72 Å². The van der Waals surface area contributed by atoms with Crippen LogP contribution >= 0.6 is 0 Å². The normalized spacial score (nSPS) is 19.4. The molecule has 0 radical (unpaired) electrons. The lowest BCUT2D eigenvalue weighted by molar-refractivity contribution is 0.0123. The van der Waals surface area contributed by atoms with E-state index < -0.39 is 10.0 Å². The number of hydrogen-bond acceptors (Lipinski definition) is 4. The van der Waals surface area contributed by atoms with E-state index >= 15 is 0 Å². The largest absolute Gasteiger partial charge is 0.378 e. The van der Waals surface area contributed by atoms with Gasteiger partial charge in [0.15, 0.2) is 5.78 Å². The first-order valence-electron chi connectivity index (χ1n) is 7.21. The molecule has 1 aromatic carbocycles. The zero-order chi connectivity index (χ0) is 15.3. The molecule has 5 nitrogen and oxygen atoms in total. The smallest absolute Gasteiger partial charge is 0.240 e. The summed E-state index contributed by atoms with van der Waals surface area (Å²) in [6.07, 6.45) is 4.07. The third-order valence-electron chi connectivity index (χ3n) is 3.60. The molecule has 1 saturated heterocycles. The molecule has 1 aromatic rings. The Labute approximate surface area is 125 Å². The van der Waals surface area contributed by atoms with Gasteiger partial charge in [0.25, 0.3) is 0 Å². The summed E-state index contributed by atoms with van der Waals surface area (Å²) in [6.45, 7) is 2.58. The Morgan fingerprint density at radius 2 is 2.00 bits per heavy atom. The minimum Gasteiger partial charge on any atom is -0.378 e. The highest BCUT2D eigenvalue weighted by atomic mass is 32.2. The summed E-state index contributed by atoms with van der Waals surface area (Å²) in [7, 11) is -3.52. The molecular weight excluding hydrogens is 290 g/mol. The van der Waals surface area contributed by atoms with Gasteiger partial charge < -0.3 is 4.74 Å². The van der Waals surface area contributed by atoms with Crippen molar-refractivity contribution in [3.63, 3.8) is 0 Å². The first kappa shape index (κ1) is 16.1. The average Bonchev–Trinajstić information content (AvgIpc) is 2.48. The first-order chi connectivity index (χ1) is 9.99. The lowest BCUT2D eigenvalue weighted by Gasteiger charge is -2.22. The zero-order valence-electron chi connectivity index (χ0n) is 12.2. The van der Waals surface area contributed by atoms with Gasteiger partial charge in [0, 0.05) is 18.7 Å². The number of ketones is 1. The predicted octanol–water partition coefficient (Wildman–Crippen LogP) is 2.13. The third kappa shape index (κ3) is 4.62. The number of nitrogens with one attached hydrogen (secondary N) is 1. The van der Waals surface area contributed by atoms with Crippen LogP contribution in [0.1, 0.15) is 43.0 Å². The molecule has 0 amide bonds. The molecule has 0 aliphatic carbocycles. The van der Waals surface area contributed by atoms with Crippen molar-refractivity contribution in [3.8, 4) is 0 Å². The number of benzene rings is 1. The fourth-order valence-corrected chi connectivity index (χ4v) is 3.39. The summed E-state index contributed by atoms with van der Waals surface area (Å²) in [5.74, 6) is -0.0821. The highest BCUT2D eigenvalue weighted by Crippen LogP contribution is 2.16. The van der Waals surface area contributed by atoms with Crippen molar-refractivity contribution in [3.05, 3.63) is 29.8 Å². The van der Waals surface area contributed by atoms with Crippen molar-refractivity contribution in [1.29, 1.82) is 0 Å². The average molecular weight is 311 g/mol. The Morgan fingerprint density at radius 3 is 2.57 bits per heavy atom. The van der Waals surface area contributed by atoms with Crippen molar-refractivity contribution < 1.29 is 17.9 Å². The molecule has 0 aromatic heterocycles. The van der Waals surface area contributed by atoms with Crippen LogP contribution in [0.2, 0.25) is 0 Å². The van der Waals surface area contributed by atoms with Crippen molar-refractivity contribution in [2.75, 3.05) is 13.2 Å². The summed E-state index contributed by atoms with van der Waals surface area (Å²) in [5, 5.41) is 0. The SMILES string of the molecule is CC(=O)c1ccc(S(=O)(=O)NCCC2CCCCO2)cc1. The van der Waals surface area contributed by atoms with Crippen molar-refractivity contribution in [1.82, 2.24) is 4.72 Å². The van der Waals surface area contributed by atoms with E-state index in [0.29, 0.717) is 18.5 Å². The van der Waals surface area contributed by atoms with Crippen LogP contribution < -0.4 is 4.72 Å². The van der Waals surface area contributed by atoms with E-state index in [-0.39, 0.29) is 16.8 Å². The highest BCUT2D eigenvalue weighted by molar-refractivity contribution is 7.89. The van der Waals surface area contributed by atoms with Crippen LogP contribution in [0.4, 0.5) is 0 Å². The van der Waals surface area contributed by atoms with Gasteiger partial charge in [-0.15, -0.1) is 0 Å². The monoisotopic (exact) mass is 311 g/mol. The van der Waals surface area contributed by atoms with Gasteiger partial charge in [0.2, 0.25) is 10.0 Å². The lowest BCUT2D eigenvalue weighted by Crippen LogP contribution is -2.29. The molecule has 116 valence electrons. The molecule has 0 bridgehead atoms. The van der Waals surface area contributed by atoms with Gasteiger partial charge in [-0.3, -0.25) is 4.79 Å². The van der Waals surface area contributed by atoms with Gasteiger partial charge in [-0.1, -0.05) is 12.1 Å². The maximum Gasteiger partial charge on any atom is 0.240 e. The Bertz CT molecular complexity index is 574. The number of hydrogen-bond donors (Lipinski definition) is 1. The number of carbonyl (C=O) groups is 1. The number of sulfonamides is 1. The van der Waals surface area contributed by atoms with Crippen LogP contribution in [0.5, 0.6) is 0 Å². The fraction of sp³-hybridized carbons (Fsp3) is 0.533. The Kier molecular flexibility index (Phi) is 5.50. The lowest BCUT2D eigenvalue weighted by atomic mass is 10.1. The number of rotatable bonds is 6. The van der Waals surface area contributed by atoms with Crippen LogP contribution in [0.3, 0.4) is 0 Å². The van der Waals surface area contributed by atoms with Crippen LogP contribution in [-0.2, 0) is 14.8 Å². The maximum absolute atomic E-state index is 12.1. The molecule has 1 fully saturated rings. The van der Waals surface area contributed by atoms with E-state index in [4.69, 9.17) is 4.74 Å². The molecule has 0 saturated carbocycles. The van der Waals surface area contributed by atoms with Crippen LogP contribution in [0.15, 0.2) is 29.2 Å². The van der Waals surface area contributed by atoms with Gasteiger partial charge in [0.1, 0.15) is 0 Å². The quantitative estimate of drug-likeness (QED) is 0.817. The summed E-state index contributed by atoms with van der Waals surface area (Å²) < 4.78 is 32.4. The van der Waals surface area contributed by atoms with Crippen LogP contribution in [-0.4, -0.2) is 33.5 Å². The van der Waals surface area contributed by atoms with Crippen molar-refractivity contribution in [2.45, 2.75) is 43.6 Å². The Morgan fingerprint density at radius 1 is 1.29 bits per heavy atom. The second-order valence-corrected chi connectivity index (χ2v) is 7.02. The molecule has 1 unspecified atom stereocenters. The number of ether oxygens (including phenoxy) is 1. The van der Waals surface area contributed by atoms with Gasteiger partial charge in [-0.05, 0) is 44.7 Å². The van der Waals surface area contributed by atoms with E-state index in [1.54, 1.807) is 0 Å². The van der Waals surface area contributed by atoms with Crippen molar-refractivity contribution >= 4 is 15.8 Å². The van der Waals surface area contributed by atoms with Gasteiger partial charge in [-0.2, -0.15) is 0 Å². The molecule has 6 heteroatoms. The molecule has 1 N–H and O–H groups in total. The van der Waals surface area contributed by atoms with E-state index in [0.717, 1.165) is 25.9 Å². The van der Waals surface area contributed by atoms with Crippen molar-refractivity contribution in [2.24, 2.45) is 0 Å². The minimum absolute atomic E-state index is 0.0821. The summed E-state index contributed by atoms with van der Waals surface area (Å²) >= 11 is 0. The van der Waals surface area contributed by atoms with E-state index in [1.807, 2.05) is 0 Å². The first-order valence-corrected chi connectivity index (χ1v) is 8.69. The van der Waals surface area contributed by atoms with Gasteiger partial charge in [-0.25, -0.2) is 13.1 Å². The minimum atomic E-state index is -3.52. The molecule has 1 heterocycles. The molecule has 0 spiro atoms. The molecular formula is C15H21NO4S. The molecule has 1 aliphatic rings.